The summed E-state index contributed by atoms with van der Waals surface area (Å²) in [5, 5.41) is 4.22. The molecule has 0 aliphatic carbocycles. The van der Waals surface area contributed by atoms with Crippen LogP contribution in [0, 0.1) is 0 Å². The molecule has 0 fully saturated rings. The van der Waals surface area contributed by atoms with E-state index in [9.17, 15) is 0 Å². The van der Waals surface area contributed by atoms with Crippen molar-refractivity contribution in [3.8, 4) is 11.5 Å². The first-order chi connectivity index (χ1) is 9.63. The Labute approximate surface area is 122 Å². The first kappa shape index (κ1) is 13.2. The lowest BCUT2D eigenvalue weighted by molar-refractivity contribution is 0.174. The first-order valence-corrected chi connectivity index (χ1v) is 7.40. The molecule has 6 heteroatoms. The van der Waals surface area contributed by atoms with E-state index in [0.717, 1.165) is 28.0 Å². The summed E-state index contributed by atoms with van der Waals surface area (Å²) in [5.74, 6) is 2.84. The lowest BCUT2D eigenvalue weighted by Gasteiger charge is -2.13. The van der Waals surface area contributed by atoms with Crippen LogP contribution in [-0.2, 0) is 0 Å². The third-order valence-electron chi connectivity index (χ3n) is 3.19. The second-order valence-electron chi connectivity index (χ2n) is 5.09. The van der Waals surface area contributed by atoms with Gasteiger partial charge in [-0.15, -0.1) is 0 Å². The Morgan fingerprint density at radius 2 is 2.00 bits per heavy atom. The average molecular weight is 291 g/mol. The van der Waals surface area contributed by atoms with Crippen LogP contribution in [0.3, 0.4) is 0 Å². The predicted octanol–water partition coefficient (Wildman–Crippen LogP) is 3.56. The topological polar surface area (TPSA) is 56.3 Å². The van der Waals surface area contributed by atoms with E-state index in [1.54, 1.807) is 0 Å². The van der Waals surface area contributed by atoms with E-state index in [0.29, 0.717) is 12.7 Å². The largest absolute Gasteiger partial charge is 0.454 e. The van der Waals surface area contributed by atoms with Crippen molar-refractivity contribution in [3.63, 3.8) is 0 Å². The number of hydrogen-bond acceptors (Lipinski definition) is 6. The van der Waals surface area contributed by atoms with Gasteiger partial charge in [0.25, 0.3) is 0 Å². The van der Waals surface area contributed by atoms with Crippen LogP contribution in [0.1, 0.15) is 44.1 Å². The molecule has 0 amide bonds. The summed E-state index contributed by atoms with van der Waals surface area (Å²) in [6.07, 6.45) is 0. The highest BCUT2D eigenvalue weighted by atomic mass is 32.1. The number of nitrogens with one attached hydrogen (secondary N) is 1. The molecule has 2 aromatic rings. The van der Waals surface area contributed by atoms with Crippen LogP contribution in [0.4, 0.5) is 5.13 Å². The zero-order valence-electron chi connectivity index (χ0n) is 11.7. The zero-order chi connectivity index (χ0) is 14.1. The minimum Gasteiger partial charge on any atom is -0.454 e. The van der Waals surface area contributed by atoms with Gasteiger partial charge in [-0.1, -0.05) is 19.9 Å². The molecule has 5 nitrogen and oxygen atoms in total. The molecule has 0 spiro atoms. The molecule has 0 radical (unpaired) electrons. The second-order valence-corrected chi connectivity index (χ2v) is 5.84. The first-order valence-electron chi connectivity index (χ1n) is 6.63. The van der Waals surface area contributed by atoms with E-state index >= 15 is 0 Å². The van der Waals surface area contributed by atoms with Crippen LogP contribution in [0.15, 0.2) is 18.2 Å². The third-order valence-corrected chi connectivity index (χ3v) is 3.86. The highest BCUT2D eigenvalue weighted by Gasteiger charge is 2.16. The van der Waals surface area contributed by atoms with E-state index in [1.165, 1.54) is 11.5 Å². The Bertz CT molecular complexity index is 612. The number of rotatable bonds is 4. The Kier molecular flexibility index (Phi) is 3.48. The Morgan fingerprint density at radius 3 is 2.75 bits per heavy atom. The molecule has 1 unspecified atom stereocenters. The van der Waals surface area contributed by atoms with Gasteiger partial charge in [0.2, 0.25) is 11.9 Å². The molecular formula is C14H17N3O2S. The number of hydrogen-bond donors (Lipinski definition) is 1. The van der Waals surface area contributed by atoms with Crippen LogP contribution >= 0.6 is 11.5 Å². The van der Waals surface area contributed by atoms with Crippen molar-refractivity contribution in [1.82, 2.24) is 9.36 Å². The monoisotopic (exact) mass is 291 g/mol. The van der Waals surface area contributed by atoms with Crippen molar-refractivity contribution in [2.24, 2.45) is 0 Å². The van der Waals surface area contributed by atoms with Gasteiger partial charge in [-0.3, -0.25) is 0 Å². The molecule has 1 aromatic heterocycles. The Morgan fingerprint density at radius 1 is 1.20 bits per heavy atom. The standard InChI is InChI=1S/C14H17N3O2S/c1-8(2)13-16-14(20-17-13)15-9(3)10-4-5-11-12(6-10)19-7-18-11/h4-6,8-9H,7H2,1-3H3,(H,15,16,17). The number of benzene rings is 1. The molecule has 0 saturated carbocycles. The fraction of sp³-hybridized carbons (Fsp3) is 0.429. The van der Waals surface area contributed by atoms with E-state index in [1.807, 2.05) is 18.2 Å². The fourth-order valence-electron chi connectivity index (χ4n) is 1.98. The quantitative estimate of drug-likeness (QED) is 0.933. The van der Waals surface area contributed by atoms with Gasteiger partial charge >= 0.3 is 0 Å². The molecule has 1 atom stereocenters. The van der Waals surface area contributed by atoms with Crippen LogP contribution in [-0.4, -0.2) is 16.2 Å². The van der Waals surface area contributed by atoms with E-state index in [2.05, 4.69) is 35.4 Å². The maximum absolute atomic E-state index is 5.40. The lowest BCUT2D eigenvalue weighted by Crippen LogP contribution is -2.06. The fourth-order valence-corrected chi connectivity index (χ4v) is 2.77. The summed E-state index contributed by atoms with van der Waals surface area (Å²) in [7, 11) is 0. The SMILES string of the molecule is CC(C)c1nsc(NC(C)c2ccc3c(c2)OCO3)n1. The summed E-state index contributed by atoms with van der Waals surface area (Å²) in [5.41, 5.74) is 1.13. The summed E-state index contributed by atoms with van der Waals surface area (Å²) >= 11 is 1.40. The second kappa shape index (κ2) is 5.28. The molecule has 3 rings (SSSR count). The van der Waals surface area contributed by atoms with Crippen molar-refractivity contribution < 1.29 is 9.47 Å². The highest BCUT2D eigenvalue weighted by molar-refractivity contribution is 7.09. The molecule has 106 valence electrons. The van der Waals surface area contributed by atoms with Gasteiger partial charge in [0, 0.05) is 17.5 Å². The van der Waals surface area contributed by atoms with Crippen LogP contribution < -0.4 is 14.8 Å². The van der Waals surface area contributed by atoms with Crippen LogP contribution in [0.5, 0.6) is 11.5 Å². The molecular weight excluding hydrogens is 274 g/mol. The van der Waals surface area contributed by atoms with E-state index in [4.69, 9.17) is 9.47 Å². The maximum atomic E-state index is 5.40. The summed E-state index contributed by atoms with van der Waals surface area (Å²) in [4.78, 5) is 4.49. The molecule has 0 bridgehead atoms. The summed E-state index contributed by atoms with van der Waals surface area (Å²) in [6.45, 7) is 6.57. The molecule has 1 aliphatic heterocycles. The molecule has 0 saturated heterocycles. The van der Waals surface area contributed by atoms with E-state index < -0.39 is 0 Å². The number of aromatic nitrogens is 2. The van der Waals surface area contributed by atoms with Gasteiger partial charge in [0.05, 0.1) is 6.04 Å². The molecule has 20 heavy (non-hydrogen) atoms. The number of ether oxygens (including phenoxy) is 2. The molecule has 1 aromatic carbocycles. The van der Waals surface area contributed by atoms with Crippen LogP contribution in [0.25, 0.3) is 0 Å². The third kappa shape index (κ3) is 2.56. The van der Waals surface area contributed by atoms with Gasteiger partial charge in [0.1, 0.15) is 5.82 Å². The zero-order valence-corrected chi connectivity index (χ0v) is 12.5. The minimum absolute atomic E-state index is 0.137. The molecule has 1 N–H and O–H groups in total. The van der Waals surface area contributed by atoms with Crippen molar-refractivity contribution in [3.05, 3.63) is 29.6 Å². The minimum atomic E-state index is 0.137. The van der Waals surface area contributed by atoms with Crippen LogP contribution in [0.2, 0.25) is 0 Å². The number of nitrogens with zero attached hydrogens (tertiary/aromatic N) is 2. The predicted molar refractivity (Wildman–Crippen MR) is 78.6 cm³/mol. The highest BCUT2D eigenvalue weighted by Crippen LogP contribution is 2.35. The number of anilines is 1. The van der Waals surface area contributed by atoms with Gasteiger partial charge in [0.15, 0.2) is 11.5 Å². The molecule has 2 heterocycles. The van der Waals surface area contributed by atoms with Crippen molar-refractivity contribution in [2.45, 2.75) is 32.7 Å². The maximum Gasteiger partial charge on any atom is 0.231 e. The normalized spacial score (nSPS) is 14.6. The molecule has 1 aliphatic rings. The average Bonchev–Trinajstić information content (AvgIpc) is 3.05. The van der Waals surface area contributed by atoms with Crippen molar-refractivity contribution in [1.29, 1.82) is 0 Å². The number of fused-ring (bicyclic) bond motifs is 1. The smallest absolute Gasteiger partial charge is 0.231 e. The van der Waals surface area contributed by atoms with E-state index in [-0.39, 0.29) is 6.04 Å². The van der Waals surface area contributed by atoms with Gasteiger partial charge < -0.3 is 14.8 Å². The summed E-state index contributed by atoms with van der Waals surface area (Å²) < 4.78 is 15.1. The van der Waals surface area contributed by atoms with Gasteiger partial charge in [-0.2, -0.15) is 4.37 Å². The Hall–Kier alpha value is -1.82. The van der Waals surface area contributed by atoms with Crippen molar-refractivity contribution >= 4 is 16.7 Å². The lowest BCUT2D eigenvalue weighted by atomic mass is 10.1. The Balaban J connectivity index is 1.73. The van der Waals surface area contributed by atoms with Gasteiger partial charge in [-0.25, -0.2) is 4.98 Å². The summed E-state index contributed by atoms with van der Waals surface area (Å²) in [6, 6.07) is 6.12. The van der Waals surface area contributed by atoms with Crippen molar-refractivity contribution in [2.75, 3.05) is 12.1 Å². The van der Waals surface area contributed by atoms with Gasteiger partial charge in [-0.05, 0) is 24.6 Å².